The number of anilines is 4. The highest BCUT2D eigenvalue weighted by Crippen LogP contribution is 2.38. The summed E-state index contributed by atoms with van der Waals surface area (Å²) in [6.07, 6.45) is 9.05. The average molecular weight is 696 g/mol. The first kappa shape index (κ1) is 32.6. The first-order valence-corrected chi connectivity index (χ1v) is 17.9. The number of carboxylic acid groups (broad SMARTS) is 1. The number of allylic oxidation sites excluding steroid dienone is 1. The van der Waals surface area contributed by atoms with Crippen LogP contribution >= 0.6 is 22.7 Å². The van der Waals surface area contributed by atoms with E-state index in [0.29, 0.717) is 53.0 Å². The number of carboxylic acids is 1. The molecule has 5 heterocycles. The summed E-state index contributed by atoms with van der Waals surface area (Å²) in [6.45, 7) is 5.02. The van der Waals surface area contributed by atoms with Crippen LogP contribution < -0.4 is 15.0 Å². The Hall–Kier alpha value is -4.90. The number of hydrogen-bond donors (Lipinski definition) is 2. The first-order valence-electron chi connectivity index (χ1n) is 16.2. The van der Waals surface area contributed by atoms with Crippen LogP contribution in [0.25, 0.3) is 10.2 Å². The number of aryl methyl sites for hydroxylation is 1. The molecule has 0 amide bonds. The molecule has 1 saturated heterocycles. The van der Waals surface area contributed by atoms with Crippen molar-refractivity contribution in [3.8, 4) is 17.6 Å². The third kappa shape index (κ3) is 7.41. The molecule has 1 fully saturated rings. The second kappa shape index (κ2) is 14.7. The Morgan fingerprint density at radius 3 is 2.78 bits per heavy atom. The van der Waals surface area contributed by atoms with Gasteiger partial charge in [-0.2, -0.15) is 0 Å². The van der Waals surface area contributed by atoms with Gasteiger partial charge >= 0.3 is 5.97 Å². The van der Waals surface area contributed by atoms with Gasteiger partial charge in [0.05, 0.1) is 23.4 Å². The van der Waals surface area contributed by atoms with Crippen LogP contribution in [0.15, 0.2) is 54.7 Å². The fourth-order valence-corrected chi connectivity index (χ4v) is 7.83. The van der Waals surface area contributed by atoms with Crippen molar-refractivity contribution >= 4 is 60.8 Å². The molecule has 2 aliphatic heterocycles. The third-order valence-electron chi connectivity index (χ3n) is 8.46. The Morgan fingerprint density at radius 1 is 1.10 bits per heavy atom. The van der Waals surface area contributed by atoms with Crippen molar-refractivity contribution in [1.82, 2.24) is 25.1 Å². The average Bonchev–Trinajstić information content (AvgIpc) is 3.73. The van der Waals surface area contributed by atoms with Crippen LogP contribution in [0.1, 0.15) is 57.7 Å². The number of nitrogens with zero attached hydrogens (tertiary/aromatic N) is 6. The highest BCUT2D eigenvalue weighted by Gasteiger charge is 2.26. The highest BCUT2D eigenvalue weighted by atomic mass is 32.1. The van der Waals surface area contributed by atoms with Crippen LogP contribution in [-0.4, -0.2) is 62.4 Å². The Morgan fingerprint density at radius 2 is 1.96 bits per heavy atom. The zero-order chi connectivity index (χ0) is 33.7. The fraction of sp³-hybridized carbons (Fsp3) is 0.306. The maximum atomic E-state index is 14.8. The molecule has 0 spiro atoms. The maximum Gasteiger partial charge on any atom is 0.355 e. The topological polar surface area (TPSA) is 117 Å². The largest absolute Gasteiger partial charge is 0.491 e. The van der Waals surface area contributed by atoms with E-state index in [-0.39, 0.29) is 18.1 Å². The van der Waals surface area contributed by atoms with Crippen LogP contribution in [0.4, 0.5) is 26.3 Å². The normalized spacial score (nSPS) is 14.4. The molecule has 2 aliphatic rings. The second-order valence-electron chi connectivity index (χ2n) is 11.9. The number of piperidine rings is 1. The van der Waals surface area contributed by atoms with Crippen LogP contribution in [-0.2, 0) is 12.8 Å². The standard InChI is InChI=1S/C36H34FN7O3S2/c1-23-25-11-8-20-44(33(25)42-41-32(23)40-35-38-27-12-3-4-13-29(27)48-35)36-39-31(34(45)46)30(49-36)14-9-21-47-28-16-15-24(22-26(28)37)10-7-19-43-17-5-2-6-18-43/h3-4,8,12-13,15-16,20,22H,2,5-6,9,11,14,17-19,21H2,1H3,(H,45,46)(H,38,40,41). The molecule has 0 saturated carbocycles. The van der Waals surface area contributed by atoms with Crippen molar-refractivity contribution < 1.29 is 19.0 Å². The number of nitrogens with one attached hydrogen (secondary N) is 1. The van der Waals surface area contributed by atoms with Gasteiger partial charge in [-0.15, -0.1) is 21.5 Å². The predicted molar refractivity (Wildman–Crippen MR) is 191 cm³/mol. The van der Waals surface area contributed by atoms with Crippen molar-refractivity contribution in [3.05, 3.63) is 87.8 Å². The maximum absolute atomic E-state index is 14.8. The van der Waals surface area contributed by atoms with Crippen molar-refractivity contribution in [2.75, 3.05) is 36.5 Å². The molecule has 5 aromatic rings. The molecule has 0 unspecified atom stereocenters. The number of rotatable bonds is 10. The van der Waals surface area contributed by atoms with E-state index in [1.165, 1.54) is 36.7 Å². The highest BCUT2D eigenvalue weighted by molar-refractivity contribution is 7.22. The van der Waals surface area contributed by atoms with E-state index in [1.807, 2.05) is 43.5 Å². The molecule has 0 aliphatic carbocycles. The zero-order valence-corrected chi connectivity index (χ0v) is 28.5. The van der Waals surface area contributed by atoms with Gasteiger partial charge in [-0.25, -0.2) is 19.2 Å². The summed E-state index contributed by atoms with van der Waals surface area (Å²) >= 11 is 2.83. The van der Waals surface area contributed by atoms with Crippen LogP contribution in [0.3, 0.4) is 0 Å². The number of benzene rings is 2. The van der Waals surface area contributed by atoms with E-state index in [9.17, 15) is 14.3 Å². The van der Waals surface area contributed by atoms with Gasteiger partial charge in [0, 0.05) is 27.8 Å². The molecule has 7 rings (SSSR count). The Kier molecular flexibility index (Phi) is 9.79. The van der Waals surface area contributed by atoms with Gasteiger partial charge in [0.25, 0.3) is 0 Å². The number of fused-ring (bicyclic) bond motifs is 2. The zero-order valence-electron chi connectivity index (χ0n) is 26.9. The lowest BCUT2D eigenvalue weighted by molar-refractivity contribution is 0.0690. The van der Waals surface area contributed by atoms with Gasteiger partial charge in [0.1, 0.15) is 0 Å². The molecule has 2 aromatic carbocycles. The monoisotopic (exact) mass is 695 g/mol. The van der Waals surface area contributed by atoms with Gasteiger partial charge in [-0.1, -0.05) is 47.8 Å². The van der Waals surface area contributed by atoms with Gasteiger partial charge in [-0.3, -0.25) is 9.80 Å². The minimum absolute atomic E-state index is 0.0158. The van der Waals surface area contributed by atoms with Crippen LogP contribution in [0, 0.1) is 24.6 Å². The summed E-state index contributed by atoms with van der Waals surface area (Å²) in [7, 11) is 0. The van der Waals surface area contributed by atoms with E-state index in [1.54, 1.807) is 28.4 Å². The predicted octanol–water partition coefficient (Wildman–Crippen LogP) is 7.49. The minimum atomic E-state index is -1.11. The van der Waals surface area contributed by atoms with E-state index in [4.69, 9.17) is 4.74 Å². The molecule has 10 nitrogen and oxygen atoms in total. The molecule has 13 heteroatoms. The summed E-state index contributed by atoms with van der Waals surface area (Å²) in [5.41, 5.74) is 3.40. The minimum Gasteiger partial charge on any atom is -0.491 e. The Balaban J connectivity index is 0.993. The number of halogens is 1. The number of ether oxygens (including phenoxy) is 1. The number of likely N-dealkylation sites (tertiary alicyclic amines) is 1. The quantitative estimate of drug-likeness (QED) is 0.112. The fourth-order valence-electron chi connectivity index (χ4n) is 5.89. The Labute approximate surface area is 291 Å². The van der Waals surface area contributed by atoms with E-state index < -0.39 is 11.8 Å². The van der Waals surface area contributed by atoms with E-state index >= 15 is 0 Å². The van der Waals surface area contributed by atoms with Crippen molar-refractivity contribution in [3.63, 3.8) is 0 Å². The SMILES string of the molecule is Cc1c(Nc2nc3ccccc3s2)nnc2c1CC=CN2c1nc(C(=O)O)c(CCCOc2ccc(C#CCN3CCCCC3)cc2F)s1. The summed E-state index contributed by atoms with van der Waals surface area (Å²) in [6, 6.07) is 12.7. The van der Waals surface area contributed by atoms with Gasteiger partial charge < -0.3 is 15.2 Å². The lowest BCUT2D eigenvalue weighted by Crippen LogP contribution is -2.29. The molecule has 49 heavy (non-hydrogen) atoms. The van der Waals surface area contributed by atoms with Gasteiger partial charge in [0.2, 0.25) is 0 Å². The van der Waals surface area contributed by atoms with Crippen molar-refractivity contribution in [2.45, 2.75) is 45.4 Å². The molecule has 3 aromatic heterocycles. The molecular weight excluding hydrogens is 662 g/mol. The number of carbonyl (C=O) groups is 1. The summed E-state index contributed by atoms with van der Waals surface area (Å²) in [5, 5.41) is 23.5. The van der Waals surface area contributed by atoms with Crippen molar-refractivity contribution in [1.29, 1.82) is 0 Å². The number of hydrogen-bond acceptors (Lipinski definition) is 11. The number of thiazole rings is 2. The van der Waals surface area contributed by atoms with E-state index in [2.05, 4.69) is 42.2 Å². The molecule has 0 radical (unpaired) electrons. The number of aromatic carboxylic acids is 1. The summed E-state index contributed by atoms with van der Waals surface area (Å²) in [4.78, 5) is 26.0. The number of aromatic nitrogens is 4. The molecule has 0 bridgehead atoms. The van der Waals surface area contributed by atoms with Crippen LogP contribution in [0.2, 0.25) is 0 Å². The number of para-hydroxylation sites is 1. The second-order valence-corrected chi connectivity index (χ2v) is 13.9. The van der Waals surface area contributed by atoms with Gasteiger partial charge in [-0.05, 0) is 82.4 Å². The lowest BCUT2D eigenvalue weighted by atomic mass is 10.1. The smallest absolute Gasteiger partial charge is 0.355 e. The molecular formula is C36H34FN7O3S2. The summed E-state index contributed by atoms with van der Waals surface area (Å²) < 4.78 is 21.6. The lowest BCUT2D eigenvalue weighted by Gasteiger charge is -2.24. The van der Waals surface area contributed by atoms with E-state index in [0.717, 1.165) is 39.6 Å². The first-order chi connectivity index (χ1) is 23.9. The Bertz CT molecular complexity index is 2060. The van der Waals surface area contributed by atoms with Crippen molar-refractivity contribution in [2.24, 2.45) is 0 Å². The van der Waals surface area contributed by atoms with Gasteiger partial charge in [0.15, 0.2) is 39.2 Å². The molecule has 2 N–H and O–H groups in total. The van der Waals surface area contributed by atoms with Crippen LogP contribution in [0.5, 0.6) is 5.75 Å². The molecule has 250 valence electrons. The third-order valence-corrected chi connectivity index (χ3v) is 10.5. The molecule has 0 atom stereocenters. The summed E-state index contributed by atoms with van der Waals surface area (Å²) in [5.74, 6) is 5.98.